The van der Waals surface area contributed by atoms with E-state index >= 15 is 0 Å². The number of nitrogens with zero attached hydrogens (tertiary/aromatic N) is 1. The Morgan fingerprint density at radius 1 is 0.971 bits per heavy atom. The minimum Gasteiger partial charge on any atom is -0.344 e. The van der Waals surface area contributed by atoms with E-state index in [1.54, 1.807) is 0 Å². The van der Waals surface area contributed by atoms with Gasteiger partial charge in [-0.25, -0.2) is 4.79 Å². The monoisotopic (exact) mass is 529 g/mol. The minimum atomic E-state index is -0.946. The molecular weight excluding hydrogens is 488 g/mol. The smallest absolute Gasteiger partial charge is 0.318 e. The fourth-order valence-corrected chi connectivity index (χ4v) is 5.09. The van der Waals surface area contributed by atoms with E-state index in [4.69, 9.17) is 0 Å². The van der Waals surface area contributed by atoms with Gasteiger partial charge in [0.1, 0.15) is 12.1 Å². The maximum absolute atomic E-state index is 13.7. The summed E-state index contributed by atoms with van der Waals surface area (Å²) >= 11 is 0. The van der Waals surface area contributed by atoms with Gasteiger partial charge >= 0.3 is 6.03 Å². The molecule has 0 aromatic carbocycles. The molecule has 0 radical (unpaired) electrons. The lowest BCUT2D eigenvalue weighted by Gasteiger charge is -2.37. The van der Waals surface area contributed by atoms with Gasteiger partial charge < -0.3 is 25.7 Å². The fourth-order valence-electron chi connectivity index (χ4n) is 4.86. The largest absolute Gasteiger partial charge is 0.344 e. The van der Waals surface area contributed by atoms with E-state index in [-0.39, 0.29) is 23.7 Å². The van der Waals surface area contributed by atoms with Crippen molar-refractivity contribution in [2.24, 2.45) is 23.2 Å². The fraction of sp³-hybridized carbons (Fsp3) is 0.783. The lowest BCUT2D eigenvalue weighted by Crippen LogP contribution is -2.60. The van der Waals surface area contributed by atoms with Gasteiger partial charge in [-0.2, -0.15) is 0 Å². The molecular formula is C23H41N5O5P2. The number of urea groups is 1. The first-order valence-corrected chi connectivity index (χ1v) is 13.4. The number of amides is 5. The SMILES string of the molecule is CC(C)[C@H]1CCN(C(=O)[C@@H](NC(=O)NP)C(C)(C)C)[C@@H]1C(=O)NC(CC1CCC1)C(=O)C(=O)NP. The van der Waals surface area contributed by atoms with Gasteiger partial charge in [-0.05, 0) is 54.8 Å². The highest BCUT2D eigenvalue weighted by Gasteiger charge is 2.47. The predicted molar refractivity (Wildman–Crippen MR) is 140 cm³/mol. The van der Waals surface area contributed by atoms with Gasteiger partial charge in [0, 0.05) is 6.54 Å². The van der Waals surface area contributed by atoms with E-state index in [9.17, 15) is 24.0 Å². The second kappa shape index (κ2) is 12.4. The molecule has 2 fully saturated rings. The van der Waals surface area contributed by atoms with Crippen LogP contribution < -0.4 is 20.8 Å². The Kier molecular flexibility index (Phi) is 10.5. The minimum absolute atomic E-state index is 0.107. The molecule has 198 valence electrons. The van der Waals surface area contributed by atoms with E-state index in [1.165, 1.54) is 4.90 Å². The van der Waals surface area contributed by atoms with Crippen LogP contribution in [0.5, 0.6) is 0 Å². The van der Waals surface area contributed by atoms with E-state index in [2.05, 4.69) is 30.2 Å². The molecule has 0 bridgehead atoms. The summed E-state index contributed by atoms with van der Waals surface area (Å²) in [5.74, 6) is -1.99. The zero-order valence-electron chi connectivity index (χ0n) is 21.3. The Balaban J connectivity index is 2.32. The summed E-state index contributed by atoms with van der Waals surface area (Å²) in [6, 6.07) is -3.12. The molecule has 1 aliphatic carbocycles. The highest BCUT2D eigenvalue weighted by atomic mass is 31.0. The number of rotatable bonds is 9. The third kappa shape index (κ3) is 7.36. The van der Waals surface area contributed by atoms with Crippen LogP contribution in [0.2, 0.25) is 0 Å². The molecule has 5 amide bonds. The molecule has 1 aliphatic heterocycles. The molecule has 3 unspecified atom stereocenters. The van der Waals surface area contributed by atoms with Crippen molar-refractivity contribution in [3.63, 3.8) is 0 Å². The maximum atomic E-state index is 13.7. The van der Waals surface area contributed by atoms with Crippen LogP contribution in [-0.2, 0) is 19.2 Å². The molecule has 1 saturated heterocycles. The molecule has 0 aromatic rings. The quantitative estimate of drug-likeness (QED) is 0.265. The summed E-state index contributed by atoms with van der Waals surface area (Å²) in [5.41, 5.74) is -0.606. The third-order valence-corrected chi connectivity index (χ3v) is 7.68. The lowest BCUT2D eigenvalue weighted by atomic mass is 9.80. The number of hydrogen-bond acceptors (Lipinski definition) is 5. The van der Waals surface area contributed by atoms with Crippen molar-refractivity contribution in [2.75, 3.05) is 6.54 Å². The standard InChI is InChI=1S/C23H41N5O5P2/c1-12(2)14-9-10-28(21(32)18(23(3,4)5)25-22(33)27-35)16(14)19(30)24-15(11-13-7-6-8-13)17(29)20(31)26-34/h12-16,18H,6-11,34-35H2,1-5H3,(H,24,30)(H,26,31)(H2,25,27,33)/t14-,15?,16+,18-/m1/s1. The Morgan fingerprint density at radius 3 is 2.06 bits per heavy atom. The van der Waals surface area contributed by atoms with Gasteiger partial charge in [-0.1, -0.05) is 53.9 Å². The van der Waals surface area contributed by atoms with E-state index in [1.807, 2.05) is 44.0 Å². The zero-order valence-corrected chi connectivity index (χ0v) is 23.7. The van der Waals surface area contributed by atoms with Crippen LogP contribution in [0.25, 0.3) is 0 Å². The number of nitrogens with one attached hydrogen (secondary N) is 4. The van der Waals surface area contributed by atoms with Crippen molar-refractivity contribution in [1.29, 1.82) is 0 Å². The lowest BCUT2D eigenvalue weighted by molar-refractivity contribution is -0.144. The van der Waals surface area contributed by atoms with Crippen LogP contribution in [0.1, 0.15) is 66.7 Å². The molecule has 12 heteroatoms. The first-order chi connectivity index (χ1) is 16.3. The van der Waals surface area contributed by atoms with Crippen LogP contribution >= 0.6 is 18.8 Å². The summed E-state index contributed by atoms with van der Waals surface area (Å²) in [6.07, 6.45) is 4.02. The maximum Gasteiger partial charge on any atom is 0.318 e. The first-order valence-electron chi connectivity index (χ1n) is 12.2. The van der Waals surface area contributed by atoms with Crippen LogP contribution in [0.15, 0.2) is 0 Å². The van der Waals surface area contributed by atoms with Gasteiger partial charge in [0.25, 0.3) is 5.91 Å². The summed E-state index contributed by atoms with van der Waals surface area (Å²) in [5, 5.41) is 10.2. The highest BCUT2D eigenvalue weighted by molar-refractivity contribution is 7.15. The van der Waals surface area contributed by atoms with Crippen molar-refractivity contribution in [1.82, 2.24) is 25.7 Å². The Labute approximate surface area is 212 Å². The van der Waals surface area contributed by atoms with Crippen molar-refractivity contribution in [2.45, 2.75) is 84.8 Å². The Hall–Kier alpha value is -1.79. The van der Waals surface area contributed by atoms with E-state index in [0.29, 0.717) is 19.4 Å². The highest BCUT2D eigenvalue weighted by Crippen LogP contribution is 2.34. The number of hydrogen-bond donors (Lipinski definition) is 4. The van der Waals surface area contributed by atoms with Gasteiger partial charge in [0.05, 0.1) is 6.04 Å². The number of likely N-dealkylation sites (tertiary alicyclic amines) is 1. The Bertz CT molecular complexity index is 828. The molecule has 0 aromatic heterocycles. The first kappa shape index (κ1) is 29.4. The predicted octanol–water partition coefficient (Wildman–Crippen LogP) is 1.51. The van der Waals surface area contributed by atoms with E-state index in [0.717, 1.165) is 19.3 Å². The molecule has 2 rings (SSSR count). The average molecular weight is 530 g/mol. The number of carbonyl (C=O) groups excluding carboxylic acids is 5. The summed E-state index contributed by atoms with van der Waals surface area (Å²) < 4.78 is 0. The second-order valence-corrected chi connectivity index (χ2v) is 11.6. The zero-order chi connectivity index (χ0) is 26.5. The summed E-state index contributed by atoms with van der Waals surface area (Å²) in [6.45, 7) is 9.90. The topological polar surface area (TPSA) is 137 Å². The molecule has 4 N–H and O–H groups in total. The van der Waals surface area contributed by atoms with Crippen LogP contribution in [0.4, 0.5) is 4.79 Å². The molecule has 0 spiro atoms. The third-order valence-electron chi connectivity index (χ3n) is 7.15. The van der Waals surface area contributed by atoms with Crippen molar-refractivity contribution in [3.8, 4) is 0 Å². The average Bonchev–Trinajstić information content (AvgIpc) is 3.22. The summed E-state index contributed by atoms with van der Waals surface area (Å²) in [7, 11) is 4.12. The second-order valence-electron chi connectivity index (χ2n) is 11.0. The van der Waals surface area contributed by atoms with Gasteiger partial charge in [-0.3, -0.25) is 19.2 Å². The van der Waals surface area contributed by atoms with Crippen LogP contribution in [0.3, 0.4) is 0 Å². The van der Waals surface area contributed by atoms with Gasteiger partial charge in [0.15, 0.2) is 0 Å². The summed E-state index contributed by atoms with van der Waals surface area (Å²) in [4.78, 5) is 65.7. The number of carbonyl (C=O) groups is 5. The Morgan fingerprint density at radius 2 is 1.60 bits per heavy atom. The van der Waals surface area contributed by atoms with Gasteiger partial charge in [0.2, 0.25) is 17.6 Å². The number of ketones is 1. The van der Waals surface area contributed by atoms with Gasteiger partial charge in [-0.15, -0.1) is 0 Å². The van der Waals surface area contributed by atoms with Crippen molar-refractivity contribution < 1.29 is 24.0 Å². The van der Waals surface area contributed by atoms with Crippen molar-refractivity contribution >= 4 is 48.3 Å². The molecule has 1 heterocycles. The normalized spacial score (nSPS) is 22.1. The molecule has 1 saturated carbocycles. The van der Waals surface area contributed by atoms with Crippen LogP contribution in [0, 0.1) is 23.2 Å². The molecule has 2 aliphatic rings. The number of Topliss-reactive ketones (excluding diaryl/α,β-unsaturated/α-hetero) is 1. The van der Waals surface area contributed by atoms with Crippen LogP contribution in [-0.4, -0.2) is 59.1 Å². The van der Waals surface area contributed by atoms with E-state index < -0.39 is 47.2 Å². The molecule has 6 atom stereocenters. The molecule has 35 heavy (non-hydrogen) atoms. The van der Waals surface area contributed by atoms with Crippen molar-refractivity contribution in [3.05, 3.63) is 0 Å². The molecule has 10 nitrogen and oxygen atoms in total.